The standard InChI is InChI=1S/C12H20N2O3S2/c13-9-11-5-6-12(18-11)19(16,17)14-7-1-3-10(14)4-2-8-15/h5-6,10,15H,1-4,7-9,13H2. The van der Waals surface area contributed by atoms with Crippen LogP contribution in [0.3, 0.4) is 0 Å². The highest BCUT2D eigenvalue weighted by Crippen LogP contribution is 2.31. The van der Waals surface area contributed by atoms with E-state index in [1.807, 2.05) is 0 Å². The van der Waals surface area contributed by atoms with Crippen molar-refractivity contribution < 1.29 is 13.5 Å². The Balaban J connectivity index is 2.18. The summed E-state index contributed by atoms with van der Waals surface area (Å²) >= 11 is 1.25. The van der Waals surface area contributed by atoms with Crippen LogP contribution in [0.1, 0.15) is 30.6 Å². The number of hydrogen-bond acceptors (Lipinski definition) is 5. The molecule has 0 saturated carbocycles. The predicted octanol–water partition coefficient (Wildman–Crippen LogP) is 1.13. The van der Waals surface area contributed by atoms with E-state index in [9.17, 15) is 8.42 Å². The summed E-state index contributed by atoms with van der Waals surface area (Å²) in [5.41, 5.74) is 5.53. The molecular formula is C12H20N2O3S2. The smallest absolute Gasteiger partial charge is 0.252 e. The molecule has 1 saturated heterocycles. The van der Waals surface area contributed by atoms with E-state index in [-0.39, 0.29) is 12.6 Å². The Bertz CT molecular complexity index is 513. The van der Waals surface area contributed by atoms with Crippen molar-refractivity contribution in [1.82, 2.24) is 4.31 Å². The summed E-state index contributed by atoms with van der Waals surface area (Å²) in [6.45, 7) is 1.06. The van der Waals surface area contributed by atoms with Crippen molar-refractivity contribution in [2.75, 3.05) is 13.2 Å². The van der Waals surface area contributed by atoms with Crippen molar-refractivity contribution in [3.05, 3.63) is 17.0 Å². The summed E-state index contributed by atoms with van der Waals surface area (Å²) in [6, 6.07) is 3.44. The van der Waals surface area contributed by atoms with Gasteiger partial charge in [0, 0.05) is 30.6 Å². The predicted molar refractivity (Wildman–Crippen MR) is 75.4 cm³/mol. The lowest BCUT2D eigenvalue weighted by atomic mass is 10.1. The first kappa shape index (κ1) is 14.9. The topological polar surface area (TPSA) is 83.6 Å². The lowest BCUT2D eigenvalue weighted by molar-refractivity contribution is 0.264. The van der Waals surface area contributed by atoms with E-state index in [1.54, 1.807) is 16.4 Å². The zero-order chi connectivity index (χ0) is 13.9. The molecule has 0 aliphatic carbocycles. The van der Waals surface area contributed by atoms with Crippen LogP contribution >= 0.6 is 11.3 Å². The Hall–Kier alpha value is -0.470. The SMILES string of the molecule is NCc1ccc(S(=O)(=O)N2CCCC2CCCO)s1. The van der Waals surface area contributed by atoms with Gasteiger partial charge in [-0.15, -0.1) is 11.3 Å². The number of rotatable bonds is 6. The number of aliphatic hydroxyl groups excluding tert-OH is 1. The summed E-state index contributed by atoms with van der Waals surface area (Å²) in [5, 5.41) is 8.89. The van der Waals surface area contributed by atoms with Gasteiger partial charge in [-0.2, -0.15) is 4.31 Å². The van der Waals surface area contributed by atoms with Crippen LogP contribution < -0.4 is 5.73 Å². The molecule has 5 nitrogen and oxygen atoms in total. The molecule has 1 aliphatic heterocycles. The normalized spacial score (nSPS) is 21.1. The van der Waals surface area contributed by atoms with Gasteiger partial charge in [-0.25, -0.2) is 8.42 Å². The monoisotopic (exact) mass is 304 g/mol. The molecule has 1 fully saturated rings. The molecular weight excluding hydrogens is 284 g/mol. The second kappa shape index (κ2) is 6.32. The van der Waals surface area contributed by atoms with E-state index in [1.165, 1.54) is 11.3 Å². The molecule has 0 radical (unpaired) electrons. The second-order valence-electron chi connectivity index (χ2n) is 4.70. The minimum Gasteiger partial charge on any atom is -0.396 e. The van der Waals surface area contributed by atoms with Crippen LogP contribution in [0.2, 0.25) is 0 Å². The van der Waals surface area contributed by atoms with Crippen molar-refractivity contribution in [3.63, 3.8) is 0 Å². The largest absolute Gasteiger partial charge is 0.396 e. The van der Waals surface area contributed by atoms with Crippen LogP contribution in [-0.4, -0.2) is 37.0 Å². The van der Waals surface area contributed by atoms with Gasteiger partial charge in [0.1, 0.15) is 4.21 Å². The van der Waals surface area contributed by atoms with Gasteiger partial charge in [-0.05, 0) is 37.8 Å². The molecule has 1 aromatic rings. The summed E-state index contributed by atoms with van der Waals surface area (Å²) < 4.78 is 27.1. The first-order valence-electron chi connectivity index (χ1n) is 6.51. The molecule has 1 aliphatic rings. The molecule has 1 unspecified atom stereocenters. The maximum absolute atomic E-state index is 12.6. The molecule has 3 N–H and O–H groups in total. The maximum atomic E-state index is 12.6. The van der Waals surface area contributed by atoms with E-state index in [0.29, 0.717) is 23.7 Å². The molecule has 7 heteroatoms. The Morgan fingerprint density at radius 1 is 1.47 bits per heavy atom. The number of aliphatic hydroxyl groups is 1. The van der Waals surface area contributed by atoms with Crippen LogP contribution in [0.4, 0.5) is 0 Å². The minimum absolute atomic E-state index is 0.0283. The zero-order valence-corrected chi connectivity index (χ0v) is 12.4. The van der Waals surface area contributed by atoms with E-state index in [4.69, 9.17) is 10.8 Å². The lowest BCUT2D eigenvalue weighted by Gasteiger charge is -2.23. The van der Waals surface area contributed by atoms with Crippen molar-refractivity contribution in [3.8, 4) is 0 Å². The molecule has 0 aromatic carbocycles. The van der Waals surface area contributed by atoms with Gasteiger partial charge in [-0.1, -0.05) is 0 Å². The van der Waals surface area contributed by atoms with Crippen molar-refractivity contribution in [1.29, 1.82) is 0 Å². The van der Waals surface area contributed by atoms with Gasteiger partial charge in [-0.3, -0.25) is 0 Å². The fourth-order valence-electron chi connectivity index (χ4n) is 2.46. The van der Waals surface area contributed by atoms with Gasteiger partial charge in [0.15, 0.2) is 0 Å². The first-order chi connectivity index (χ1) is 9.09. The van der Waals surface area contributed by atoms with Gasteiger partial charge in [0.2, 0.25) is 0 Å². The fraction of sp³-hybridized carbons (Fsp3) is 0.667. The van der Waals surface area contributed by atoms with Crippen LogP contribution in [0, 0.1) is 0 Å². The summed E-state index contributed by atoms with van der Waals surface area (Å²) in [5.74, 6) is 0. The number of thiophene rings is 1. The van der Waals surface area contributed by atoms with Gasteiger partial charge in [0.25, 0.3) is 10.0 Å². The number of nitrogens with zero attached hydrogens (tertiary/aromatic N) is 1. The van der Waals surface area contributed by atoms with Gasteiger partial charge < -0.3 is 10.8 Å². The van der Waals surface area contributed by atoms with Crippen LogP contribution in [0.25, 0.3) is 0 Å². The number of sulfonamides is 1. The third kappa shape index (κ3) is 3.17. The van der Waals surface area contributed by atoms with Crippen molar-refractivity contribution in [2.24, 2.45) is 5.73 Å². The van der Waals surface area contributed by atoms with E-state index < -0.39 is 10.0 Å². The Morgan fingerprint density at radius 3 is 2.89 bits per heavy atom. The number of nitrogens with two attached hydrogens (primary N) is 1. The molecule has 1 aromatic heterocycles. The Kier molecular flexibility index (Phi) is 4.97. The fourth-order valence-corrected chi connectivity index (χ4v) is 5.55. The summed E-state index contributed by atoms with van der Waals surface area (Å²) in [6.07, 6.45) is 3.15. The van der Waals surface area contributed by atoms with Gasteiger partial charge in [0.05, 0.1) is 0 Å². The lowest BCUT2D eigenvalue weighted by Crippen LogP contribution is -2.35. The molecule has 19 heavy (non-hydrogen) atoms. The minimum atomic E-state index is -3.39. The van der Waals surface area contributed by atoms with Crippen LogP contribution in [0.15, 0.2) is 16.3 Å². The zero-order valence-electron chi connectivity index (χ0n) is 10.8. The van der Waals surface area contributed by atoms with Crippen LogP contribution in [-0.2, 0) is 16.6 Å². The molecule has 0 spiro atoms. The van der Waals surface area contributed by atoms with Crippen molar-refractivity contribution in [2.45, 2.75) is 42.5 Å². The summed E-state index contributed by atoms with van der Waals surface area (Å²) in [4.78, 5) is 0.879. The average Bonchev–Trinajstić information content (AvgIpc) is 3.05. The quantitative estimate of drug-likeness (QED) is 0.825. The molecule has 0 bridgehead atoms. The Morgan fingerprint density at radius 2 is 2.26 bits per heavy atom. The highest BCUT2D eigenvalue weighted by atomic mass is 32.2. The molecule has 108 valence electrons. The first-order valence-corrected chi connectivity index (χ1v) is 8.76. The highest BCUT2D eigenvalue weighted by Gasteiger charge is 2.35. The summed E-state index contributed by atoms with van der Waals surface area (Å²) in [7, 11) is -3.39. The second-order valence-corrected chi connectivity index (χ2v) is 7.99. The molecule has 0 amide bonds. The third-order valence-electron chi connectivity index (χ3n) is 3.42. The van der Waals surface area contributed by atoms with Crippen LogP contribution in [0.5, 0.6) is 0 Å². The Labute approximate surface area is 118 Å². The van der Waals surface area contributed by atoms with Gasteiger partial charge >= 0.3 is 0 Å². The van der Waals surface area contributed by atoms with E-state index in [0.717, 1.165) is 24.1 Å². The van der Waals surface area contributed by atoms with E-state index >= 15 is 0 Å². The number of hydrogen-bond donors (Lipinski definition) is 2. The molecule has 2 rings (SSSR count). The third-order valence-corrected chi connectivity index (χ3v) is 6.95. The van der Waals surface area contributed by atoms with E-state index in [2.05, 4.69) is 0 Å². The van der Waals surface area contributed by atoms with Crippen molar-refractivity contribution >= 4 is 21.4 Å². The molecule has 1 atom stereocenters. The highest BCUT2D eigenvalue weighted by molar-refractivity contribution is 7.91. The maximum Gasteiger partial charge on any atom is 0.252 e. The average molecular weight is 304 g/mol. The molecule has 2 heterocycles.